The number of rotatable bonds is 2. The van der Waals surface area contributed by atoms with Gasteiger partial charge in [-0.2, -0.15) is 0 Å². The predicted octanol–water partition coefficient (Wildman–Crippen LogP) is 1.34. The maximum Gasteiger partial charge on any atom is 0.339 e. The minimum Gasteiger partial charge on any atom is -0.462 e. The molecular weight excluding hydrogens is 206 g/mol. The Hall–Kier alpha value is -1.62. The van der Waals surface area contributed by atoms with E-state index < -0.39 is 0 Å². The van der Waals surface area contributed by atoms with E-state index in [0.717, 1.165) is 23.5 Å². The number of fused-ring (bicyclic) bond motifs is 1. The van der Waals surface area contributed by atoms with Crippen LogP contribution < -0.4 is 5.43 Å². The Morgan fingerprint density at radius 2 is 2.44 bits per heavy atom. The van der Waals surface area contributed by atoms with Gasteiger partial charge >= 0.3 is 5.97 Å². The normalized spacial score (nSPS) is 14.4. The van der Waals surface area contributed by atoms with Crippen molar-refractivity contribution in [3.8, 4) is 0 Å². The number of esters is 1. The van der Waals surface area contributed by atoms with Crippen molar-refractivity contribution in [1.82, 2.24) is 9.99 Å². The zero-order valence-corrected chi connectivity index (χ0v) is 9.70. The van der Waals surface area contributed by atoms with E-state index in [2.05, 4.69) is 10.4 Å². The Morgan fingerprint density at radius 1 is 1.69 bits per heavy atom. The molecule has 2 heterocycles. The number of nitrogens with zero attached hydrogens (tertiary/aromatic N) is 2. The van der Waals surface area contributed by atoms with Gasteiger partial charge in [0, 0.05) is 25.4 Å². The van der Waals surface area contributed by atoms with Crippen molar-refractivity contribution in [3.05, 3.63) is 22.9 Å². The lowest BCUT2D eigenvalue weighted by atomic mass is 10.1. The monoisotopic (exact) mass is 221 g/mol. The third-order valence-corrected chi connectivity index (χ3v) is 2.65. The van der Waals surface area contributed by atoms with Crippen LogP contribution in [0.4, 0.5) is 5.82 Å². The first-order valence-corrected chi connectivity index (χ1v) is 5.27. The lowest BCUT2D eigenvalue weighted by Crippen LogP contribution is -2.16. The average molecular weight is 221 g/mol. The van der Waals surface area contributed by atoms with Crippen LogP contribution in [0.1, 0.15) is 28.4 Å². The van der Waals surface area contributed by atoms with Gasteiger partial charge in [0.1, 0.15) is 5.82 Å². The van der Waals surface area contributed by atoms with Crippen LogP contribution >= 0.6 is 0 Å². The number of aromatic nitrogens is 1. The van der Waals surface area contributed by atoms with E-state index in [9.17, 15) is 4.79 Å². The summed E-state index contributed by atoms with van der Waals surface area (Å²) in [7, 11) is 1.94. The maximum absolute atomic E-state index is 11.7. The second-order valence-corrected chi connectivity index (χ2v) is 3.81. The number of hydrogen-bond donors (Lipinski definition) is 1. The molecule has 0 amide bonds. The van der Waals surface area contributed by atoms with Gasteiger partial charge in [0.05, 0.1) is 12.2 Å². The van der Waals surface area contributed by atoms with E-state index in [1.165, 1.54) is 0 Å². The molecule has 86 valence electrons. The molecular formula is C11H15N3O2. The second-order valence-electron chi connectivity index (χ2n) is 3.81. The number of carbonyl (C=O) groups is 1. The maximum atomic E-state index is 11.7. The van der Waals surface area contributed by atoms with Crippen molar-refractivity contribution in [2.75, 3.05) is 19.1 Å². The summed E-state index contributed by atoms with van der Waals surface area (Å²) in [4.78, 5) is 15.9. The molecule has 1 N–H and O–H groups in total. The smallest absolute Gasteiger partial charge is 0.339 e. The largest absolute Gasteiger partial charge is 0.462 e. The molecule has 2 rings (SSSR count). The molecule has 0 bridgehead atoms. The standard InChI is InChI=1S/C11H15N3O2/c1-4-16-11(15)8-5-12-10-9(7(8)2)6-14(3)13-10/h5H,4,6H2,1-3H3,(H,12,13). The van der Waals surface area contributed by atoms with Gasteiger partial charge in [-0.15, -0.1) is 0 Å². The van der Waals surface area contributed by atoms with E-state index in [1.807, 2.05) is 19.0 Å². The molecule has 0 aliphatic carbocycles. The summed E-state index contributed by atoms with van der Waals surface area (Å²) >= 11 is 0. The van der Waals surface area contributed by atoms with Crippen LogP contribution in [0, 0.1) is 6.92 Å². The van der Waals surface area contributed by atoms with Crippen LogP contribution in [0.5, 0.6) is 0 Å². The molecule has 0 radical (unpaired) electrons. The highest BCUT2D eigenvalue weighted by Gasteiger charge is 2.22. The van der Waals surface area contributed by atoms with E-state index in [-0.39, 0.29) is 5.97 Å². The molecule has 0 atom stereocenters. The fourth-order valence-electron chi connectivity index (χ4n) is 1.81. The molecule has 0 fully saturated rings. The minimum atomic E-state index is -0.301. The van der Waals surface area contributed by atoms with Crippen LogP contribution in [-0.2, 0) is 11.3 Å². The fourth-order valence-corrected chi connectivity index (χ4v) is 1.81. The van der Waals surface area contributed by atoms with Gasteiger partial charge in [-0.25, -0.2) is 14.8 Å². The van der Waals surface area contributed by atoms with E-state index in [0.29, 0.717) is 12.2 Å². The summed E-state index contributed by atoms with van der Waals surface area (Å²) < 4.78 is 4.98. The quantitative estimate of drug-likeness (QED) is 0.764. The summed E-state index contributed by atoms with van der Waals surface area (Å²) in [6, 6.07) is 0. The van der Waals surface area contributed by atoms with Gasteiger partial charge in [0.2, 0.25) is 0 Å². The molecule has 0 saturated heterocycles. The lowest BCUT2D eigenvalue weighted by Gasteiger charge is -2.07. The molecule has 0 unspecified atom stereocenters. The zero-order chi connectivity index (χ0) is 11.7. The van der Waals surface area contributed by atoms with Crippen molar-refractivity contribution >= 4 is 11.8 Å². The Morgan fingerprint density at radius 3 is 3.12 bits per heavy atom. The van der Waals surface area contributed by atoms with E-state index in [4.69, 9.17) is 4.74 Å². The Balaban J connectivity index is 2.37. The number of nitrogens with one attached hydrogen (secondary N) is 1. The molecule has 16 heavy (non-hydrogen) atoms. The van der Waals surface area contributed by atoms with Crippen LogP contribution in [0.3, 0.4) is 0 Å². The first-order valence-electron chi connectivity index (χ1n) is 5.27. The topological polar surface area (TPSA) is 54.5 Å². The average Bonchev–Trinajstić information content (AvgIpc) is 2.60. The van der Waals surface area contributed by atoms with Gasteiger partial charge in [-0.05, 0) is 19.4 Å². The van der Waals surface area contributed by atoms with E-state index in [1.54, 1.807) is 13.1 Å². The third kappa shape index (κ3) is 1.74. The number of ether oxygens (including phenoxy) is 1. The molecule has 1 aliphatic heterocycles. The summed E-state index contributed by atoms with van der Waals surface area (Å²) in [5, 5.41) is 1.93. The molecule has 0 spiro atoms. The zero-order valence-electron chi connectivity index (χ0n) is 9.70. The van der Waals surface area contributed by atoms with Gasteiger partial charge in [-0.3, -0.25) is 0 Å². The number of carbonyl (C=O) groups excluding carboxylic acids is 1. The van der Waals surface area contributed by atoms with Crippen LogP contribution in [0.2, 0.25) is 0 Å². The summed E-state index contributed by atoms with van der Waals surface area (Å²) in [6.07, 6.45) is 1.57. The molecule has 1 aromatic heterocycles. The predicted molar refractivity (Wildman–Crippen MR) is 60.0 cm³/mol. The first kappa shape index (κ1) is 10.9. The van der Waals surface area contributed by atoms with Gasteiger partial charge in [0.25, 0.3) is 0 Å². The van der Waals surface area contributed by atoms with Gasteiger partial charge < -0.3 is 10.2 Å². The van der Waals surface area contributed by atoms with Gasteiger partial charge in [-0.1, -0.05) is 0 Å². The Kier molecular flexibility index (Phi) is 2.78. The second kappa shape index (κ2) is 4.09. The highest BCUT2D eigenvalue weighted by molar-refractivity contribution is 5.91. The Labute approximate surface area is 94.4 Å². The number of pyridine rings is 1. The molecule has 0 saturated carbocycles. The SMILES string of the molecule is CCOC(=O)c1cnc2c(c1C)CN(C)N2. The molecule has 1 aliphatic rings. The minimum absolute atomic E-state index is 0.301. The Bertz CT molecular complexity index is 431. The number of hydrogen-bond acceptors (Lipinski definition) is 5. The lowest BCUT2D eigenvalue weighted by molar-refractivity contribution is 0.0525. The molecule has 5 nitrogen and oxygen atoms in total. The van der Waals surface area contributed by atoms with Crippen molar-refractivity contribution < 1.29 is 9.53 Å². The van der Waals surface area contributed by atoms with Crippen molar-refractivity contribution in [3.63, 3.8) is 0 Å². The first-order chi connectivity index (χ1) is 7.63. The van der Waals surface area contributed by atoms with Crippen molar-refractivity contribution in [2.24, 2.45) is 0 Å². The van der Waals surface area contributed by atoms with E-state index >= 15 is 0 Å². The highest BCUT2D eigenvalue weighted by Crippen LogP contribution is 2.27. The van der Waals surface area contributed by atoms with Crippen LogP contribution in [0.25, 0.3) is 0 Å². The highest BCUT2D eigenvalue weighted by atomic mass is 16.5. The third-order valence-electron chi connectivity index (χ3n) is 2.65. The van der Waals surface area contributed by atoms with Crippen LogP contribution in [-0.4, -0.2) is 29.6 Å². The summed E-state index contributed by atoms with van der Waals surface area (Å²) in [6.45, 7) is 4.85. The summed E-state index contributed by atoms with van der Waals surface area (Å²) in [5.41, 5.74) is 5.67. The van der Waals surface area contributed by atoms with Crippen LogP contribution in [0.15, 0.2) is 6.20 Å². The number of anilines is 1. The number of hydrazine groups is 1. The molecule has 1 aromatic rings. The fraction of sp³-hybridized carbons (Fsp3) is 0.455. The summed E-state index contributed by atoms with van der Waals surface area (Å²) in [5.74, 6) is 0.526. The van der Waals surface area contributed by atoms with Crippen molar-refractivity contribution in [2.45, 2.75) is 20.4 Å². The van der Waals surface area contributed by atoms with Crippen molar-refractivity contribution in [1.29, 1.82) is 0 Å². The molecule has 5 heteroatoms. The molecule has 0 aromatic carbocycles. The van der Waals surface area contributed by atoms with Gasteiger partial charge in [0.15, 0.2) is 0 Å².